The zero-order valence-electron chi connectivity index (χ0n) is 18.8. The molecule has 2 N–H and O–H groups in total. The third-order valence-electron chi connectivity index (χ3n) is 5.97. The van der Waals surface area contributed by atoms with Gasteiger partial charge in [-0.25, -0.2) is 9.37 Å². The highest BCUT2D eigenvalue weighted by Gasteiger charge is 2.18. The Morgan fingerprint density at radius 1 is 1.06 bits per heavy atom. The lowest BCUT2D eigenvalue weighted by atomic mass is 10.1. The van der Waals surface area contributed by atoms with Crippen LogP contribution in [0.1, 0.15) is 5.56 Å². The minimum atomic E-state index is -0.252. The number of ether oxygens (including phenoxy) is 1. The van der Waals surface area contributed by atoms with Crippen LogP contribution in [0.25, 0.3) is 22.3 Å². The standard InChI is InChI=1S/C25H27FN6O/c1-31-10-12-32(13-11-31)22-7-6-19(15-21(22)26)28-25-29-23(20-8-9-27-24(20)30-25)18-5-3-4-17(14-18)16-33-2/h3-9,14-15H,10-13,16H2,1-2H3,(H2,27,28,29,30). The van der Waals surface area contributed by atoms with Gasteiger partial charge in [0, 0.05) is 56.1 Å². The fraction of sp³-hybridized carbons (Fsp3) is 0.280. The molecular weight excluding hydrogens is 419 g/mol. The van der Waals surface area contributed by atoms with Crippen LogP contribution < -0.4 is 10.2 Å². The van der Waals surface area contributed by atoms with Crippen LogP contribution in [0.15, 0.2) is 54.7 Å². The molecular formula is C25H27FN6O. The van der Waals surface area contributed by atoms with Crippen LogP contribution >= 0.6 is 0 Å². The zero-order valence-corrected chi connectivity index (χ0v) is 18.8. The molecule has 2 aromatic heterocycles. The molecule has 2 aromatic carbocycles. The minimum Gasteiger partial charge on any atom is -0.380 e. The summed E-state index contributed by atoms with van der Waals surface area (Å²) in [5, 5.41) is 4.10. The first kappa shape index (κ1) is 21.4. The maximum Gasteiger partial charge on any atom is 0.229 e. The summed E-state index contributed by atoms with van der Waals surface area (Å²) >= 11 is 0. The number of halogens is 1. The van der Waals surface area contributed by atoms with Crippen LogP contribution in [0.2, 0.25) is 0 Å². The molecule has 7 nitrogen and oxygen atoms in total. The Morgan fingerprint density at radius 2 is 1.91 bits per heavy atom. The maximum atomic E-state index is 14.9. The molecule has 1 saturated heterocycles. The second kappa shape index (κ2) is 9.17. The molecule has 1 fully saturated rings. The lowest BCUT2D eigenvalue weighted by Crippen LogP contribution is -2.44. The smallest absolute Gasteiger partial charge is 0.229 e. The van der Waals surface area contributed by atoms with E-state index in [1.54, 1.807) is 7.11 Å². The fourth-order valence-electron chi connectivity index (χ4n) is 4.21. The van der Waals surface area contributed by atoms with Crippen LogP contribution in [0.3, 0.4) is 0 Å². The number of aromatic amines is 1. The van der Waals surface area contributed by atoms with E-state index in [0.717, 1.165) is 48.4 Å². The van der Waals surface area contributed by atoms with Gasteiger partial charge in [-0.05, 0) is 42.9 Å². The van der Waals surface area contributed by atoms with Crippen molar-refractivity contribution in [1.29, 1.82) is 0 Å². The molecule has 0 saturated carbocycles. The number of methoxy groups -OCH3 is 1. The van der Waals surface area contributed by atoms with Gasteiger partial charge in [0.1, 0.15) is 11.5 Å². The number of nitrogens with one attached hydrogen (secondary N) is 2. The van der Waals surface area contributed by atoms with Crippen molar-refractivity contribution in [2.75, 3.05) is 50.6 Å². The van der Waals surface area contributed by atoms with E-state index in [2.05, 4.69) is 38.2 Å². The van der Waals surface area contributed by atoms with Crippen molar-refractivity contribution in [2.45, 2.75) is 6.61 Å². The molecule has 1 aliphatic heterocycles. The number of hydrogen-bond donors (Lipinski definition) is 2. The summed E-state index contributed by atoms with van der Waals surface area (Å²) in [4.78, 5) is 16.9. The Labute approximate surface area is 192 Å². The Kier molecular flexibility index (Phi) is 5.93. The van der Waals surface area contributed by atoms with Crippen molar-refractivity contribution in [3.05, 3.63) is 66.1 Å². The topological polar surface area (TPSA) is 69.3 Å². The summed E-state index contributed by atoms with van der Waals surface area (Å²) in [6.07, 6.45) is 1.84. The number of H-pyrrole nitrogens is 1. The SMILES string of the molecule is COCc1cccc(-c2nc(Nc3ccc(N4CCN(C)CC4)c(F)c3)nc3[nH]ccc23)c1. The zero-order chi connectivity index (χ0) is 22.8. The van der Waals surface area contributed by atoms with Crippen molar-refractivity contribution in [2.24, 2.45) is 0 Å². The molecule has 0 radical (unpaired) electrons. The average molecular weight is 447 g/mol. The van der Waals surface area contributed by atoms with Crippen LogP contribution in [0, 0.1) is 5.82 Å². The molecule has 8 heteroatoms. The third kappa shape index (κ3) is 4.53. The van der Waals surface area contributed by atoms with Crippen LogP contribution in [-0.4, -0.2) is 60.2 Å². The van der Waals surface area contributed by atoms with Crippen molar-refractivity contribution in [3.8, 4) is 11.3 Å². The molecule has 0 atom stereocenters. The van der Waals surface area contributed by atoms with Gasteiger partial charge >= 0.3 is 0 Å². The Bertz CT molecular complexity index is 1260. The summed E-state index contributed by atoms with van der Waals surface area (Å²) in [6.45, 7) is 4.02. The van der Waals surface area contributed by atoms with Crippen LogP contribution in [-0.2, 0) is 11.3 Å². The normalized spacial score (nSPS) is 14.7. The molecule has 0 bridgehead atoms. The maximum absolute atomic E-state index is 14.9. The lowest BCUT2D eigenvalue weighted by molar-refractivity contribution is 0.185. The Hall–Kier alpha value is -3.49. The van der Waals surface area contributed by atoms with E-state index in [4.69, 9.17) is 9.72 Å². The van der Waals surface area contributed by atoms with Crippen molar-refractivity contribution < 1.29 is 9.13 Å². The number of aromatic nitrogens is 3. The number of hydrogen-bond acceptors (Lipinski definition) is 6. The Balaban J connectivity index is 1.44. The molecule has 33 heavy (non-hydrogen) atoms. The first-order valence-corrected chi connectivity index (χ1v) is 11.0. The van der Waals surface area contributed by atoms with Gasteiger partial charge in [0.05, 0.1) is 18.0 Å². The van der Waals surface area contributed by atoms with Gasteiger partial charge in [0.25, 0.3) is 0 Å². The van der Waals surface area contributed by atoms with E-state index in [1.807, 2.05) is 42.6 Å². The van der Waals surface area contributed by atoms with Crippen LogP contribution in [0.4, 0.5) is 21.7 Å². The van der Waals surface area contributed by atoms with Gasteiger partial charge in [-0.2, -0.15) is 4.98 Å². The van der Waals surface area contributed by atoms with E-state index in [-0.39, 0.29) is 5.82 Å². The largest absolute Gasteiger partial charge is 0.380 e. The quantitative estimate of drug-likeness (QED) is 0.457. The summed E-state index contributed by atoms with van der Waals surface area (Å²) in [5.41, 5.74) is 4.79. The van der Waals surface area contributed by atoms with Gasteiger partial charge in [0.2, 0.25) is 5.95 Å². The van der Waals surface area contributed by atoms with Crippen molar-refractivity contribution in [1.82, 2.24) is 19.9 Å². The monoisotopic (exact) mass is 446 g/mol. The summed E-state index contributed by atoms with van der Waals surface area (Å²) in [6, 6.07) is 15.3. The van der Waals surface area contributed by atoms with E-state index in [0.29, 0.717) is 29.6 Å². The molecule has 0 unspecified atom stereocenters. The summed E-state index contributed by atoms with van der Waals surface area (Å²) in [5.74, 6) is 0.154. The number of fused-ring (bicyclic) bond motifs is 1. The predicted molar refractivity (Wildman–Crippen MR) is 129 cm³/mol. The van der Waals surface area contributed by atoms with E-state index >= 15 is 0 Å². The lowest BCUT2D eigenvalue weighted by Gasteiger charge is -2.34. The number of likely N-dealkylation sites (N-methyl/N-ethyl adjacent to an activating group) is 1. The van der Waals surface area contributed by atoms with E-state index in [1.165, 1.54) is 6.07 Å². The highest BCUT2D eigenvalue weighted by molar-refractivity contribution is 5.92. The molecule has 0 aliphatic carbocycles. The molecule has 3 heterocycles. The van der Waals surface area contributed by atoms with Gasteiger partial charge < -0.3 is 24.8 Å². The molecule has 0 amide bonds. The van der Waals surface area contributed by atoms with Gasteiger partial charge in [-0.1, -0.05) is 18.2 Å². The van der Waals surface area contributed by atoms with Gasteiger partial charge in [-0.15, -0.1) is 0 Å². The van der Waals surface area contributed by atoms with Crippen molar-refractivity contribution >= 4 is 28.4 Å². The second-order valence-electron chi connectivity index (χ2n) is 8.35. The molecule has 1 aliphatic rings. The Morgan fingerprint density at radius 3 is 2.70 bits per heavy atom. The molecule has 170 valence electrons. The fourth-order valence-corrected chi connectivity index (χ4v) is 4.21. The summed E-state index contributed by atoms with van der Waals surface area (Å²) < 4.78 is 20.2. The minimum absolute atomic E-state index is 0.252. The second-order valence-corrected chi connectivity index (χ2v) is 8.35. The van der Waals surface area contributed by atoms with Crippen LogP contribution in [0.5, 0.6) is 0 Å². The number of benzene rings is 2. The highest BCUT2D eigenvalue weighted by Crippen LogP contribution is 2.30. The molecule has 5 rings (SSSR count). The number of rotatable bonds is 6. The highest BCUT2D eigenvalue weighted by atomic mass is 19.1. The van der Waals surface area contributed by atoms with Gasteiger partial charge in [-0.3, -0.25) is 0 Å². The molecule has 4 aromatic rings. The third-order valence-corrected chi connectivity index (χ3v) is 5.97. The number of nitrogens with zero attached hydrogens (tertiary/aromatic N) is 4. The first-order chi connectivity index (χ1) is 16.1. The first-order valence-electron chi connectivity index (χ1n) is 11.0. The number of anilines is 3. The summed E-state index contributed by atoms with van der Waals surface area (Å²) in [7, 11) is 3.77. The van der Waals surface area contributed by atoms with E-state index < -0.39 is 0 Å². The average Bonchev–Trinajstić information content (AvgIpc) is 3.29. The predicted octanol–water partition coefficient (Wildman–Crippen LogP) is 4.41. The number of piperazine rings is 1. The van der Waals surface area contributed by atoms with Crippen molar-refractivity contribution in [3.63, 3.8) is 0 Å². The van der Waals surface area contributed by atoms with E-state index in [9.17, 15) is 4.39 Å². The van der Waals surface area contributed by atoms with Gasteiger partial charge in [0.15, 0.2) is 0 Å². The molecule has 0 spiro atoms.